The first-order valence-corrected chi connectivity index (χ1v) is 9.38. The first kappa shape index (κ1) is 19.1. The Hall–Kier alpha value is -2.64. The highest BCUT2D eigenvalue weighted by Gasteiger charge is 2.33. The molecule has 0 bridgehead atoms. The van der Waals surface area contributed by atoms with Gasteiger partial charge in [-0.3, -0.25) is 9.59 Å². The molecular weight excluding hydrogens is 386 g/mol. The number of nitrogens with zero attached hydrogens (tertiary/aromatic N) is 2. The van der Waals surface area contributed by atoms with Gasteiger partial charge in [-0.05, 0) is 49.6 Å². The van der Waals surface area contributed by atoms with E-state index in [0.717, 1.165) is 4.88 Å². The van der Waals surface area contributed by atoms with Crippen LogP contribution < -0.4 is 15.6 Å². The maximum Gasteiger partial charge on any atom is 0.267 e. The number of anilines is 1. The molecule has 0 saturated carbocycles. The molecule has 0 aliphatic heterocycles. The first-order chi connectivity index (χ1) is 12.8. The minimum Gasteiger partial charge on any atom is -0.495 e. The van der Waals surface area contributed by atoms with Crippen molar-refractivity contribution in [1.29, 1.82) is 0 Å². The Labute approximate surface area is 165 Å². The SMILES string of the molecule is COc1ccc(Cl)cc1NC(=O)C(C)(C)n1nc(-c2cccs2)ccc1=O. The number of nitrogens with one attached hydrogen (secondary N) is 1. The lowest BCUT2D eigenvalue weighted by Gasteiger charge is -2.25. The van der Waals surface area contributed by atoms with E-state index in [0.29, 0.717) is 22.2 Å². The minimum atomic E-state index is -1.24. The molecule has 27 heavy (non-hydrogen) atoms. The van der Waals surface area contributed by atoms with Crippen LogP contribution in [0.1, 0.15) is 13.8 Å². The third-order valence-corrected chi connectivity index (χ3v) is 5.20. The smallest absolute Gasteiger partial charge is 0.267 e. The summed E-state index contributed by atoms with van der Waals surface area (Å²) in [6.07, 6.45) is 0. The Kier molecular flexibility index (Phi) is 5.34. The van der Waals surface area contributed by atoms with Gasteiger partial charge in [-0.2, -0.15) is 5.10 Å². The highest BCUT2D eigenvalue weighted by molar-refractivity contribution is 7.13. The van der Waals surface area contributed by atoms with Gasteiger partial charge in [0.05, 0.1) is 17.7 Å². The minimum absolute atomic E-state index is 0.367. The number of hydrogen-bond acceptors (Lipinski definition) is 5. The highest BCUT2D eigenvalue weighted by Crippen LogP contribution is 2.29. The van der Waals surface area contributed by atoms with Gasteiger partial charge in [-0.15, -0.1) is 11.3 Å². The summed E-state index contributed by atoms with van der Waals surface area (Å²) in [5.41, 5.74) is -0.553. The molecule has 1 aromatic carbocycles. The summed E-state index contributed by atoms with van der Waals surface area (Å²) in [6, 6.07) is 11.8. The molecule has 0 aliphatic carbocycles. The molecule has 1 N–H and O–H groups in total. The number of aromatic nitrogens is 2. The van der Waals surface area contributed by atoms with Crippen LogP contribution in [0.4, 0.5) is 5.69 Å². The average molecular weight is 404 g/mol. The molecule has 0 atom stereocenters. The lowest BCUT2D eigenvalue weighted by atomic mass is 10.0. The Bertz CT molecular complexity index is 1030. The fourth-order valence-electron chi connectivity index (χ4n) is 2.52. The molecule has 2 aromatic heterocycles. The van der Waals surface area contributed by atoms with Crippen LogP contribution in [-0.2, 0) is 10.3 Å². The fourth-order valence-corrected chi connectivity index (χ4v) is 3.38. The Balaban J connectivity index is 1.96. The molecule has 8 heteroatoms. The van der Waals surface area contributed by atoms with Crippen molar-refractivity contribution in [3.8, 4) is 16.3 Å². The molecule has 0 unspecified atom stereocenters. The van der Waals surface area contributed by atoms with Crippen molar-refractivity contribution in [2.24, 2.45) is 0 Å². The number of carbonyl (C=O) groups excluding carboxylic acids is 1. The van der Waals surface area contributed by atoms with Crippen LogP contribution in [0.15, 0.2) is 52.6 Å². The summed E-state index contributed by atoms with van der Waals surface area (Å²) in [5, 5.41) is 9.57. The van der Waals surface area contributed by atoms with Crippen molar-refractivity contribution < 1.29 is 9.53 Å². The summed E-state index contributed by atoms with van der Waals surface area (Å²) < 4.78 is 6.44. The molecule has 0 saturated heterocycles. The number of halogens is 1. The molecule has 1 amide bonds. The van der Waals surface area contributed by atoms with E-state index in [1.807, 2.05) is 17.5 Å². The van der Waals surface area contributed by atoms with E-state index in [2.05, 4.69) is 10.4 Å². The van der Waals surface area contributed by atoms with Gasteiger partial charge in [-0.25, -0.2) is 4.68 Å². The number of benzene rings is 1. The van der Waals surface area contributed by atoms with Gasteiger partial charge in [0, 0.05) is 11.1 Å². The number of methoxy groups -OCH3 is 1. The largest absolute Gasteiger partial charge is 0.495 e. The molecule has 0 spiro atoms. The molecule has 3 aromatic rings. The predicted molar refractivity (Wildman–Crippen MR) is 108 cm³/mol. The van der Waals surface area contributed by atoms with E-state index < -0.39 is 11.4 Å². The lowest BCUT2D eigenvalue weighted by molar-refractivity contribution is -0.123. The normalized spacial score (nSPS) is 11.3. The summed E-state index contributed by atoms with van der Waals surface area (Å²) in [4.78, 5) is 26.3. The van der Waals surface area contributed by atoms with Crippen molar-refractivity contribution in [2.45, 2.75) is 19.4 Å². The maximum absolute atomic E-state index is 13.0. The van der Waals surface area contributed by atoms with E-state index in [-0.39, 0.29) is 5.56 Å². The van der Waals surface area contributed by atoms with Crippen LogP contribution in [0.3, 0.4) is 0 Å². The third-order valence-electron chi connectivity index (χ3n) is 4.07. The molecule has 0 radical (unpaired) electrons. The van der Waals surface area contributed by atoms with E-state index in [4.69, 9.17) is 16.3 Å². The second kappa shape index (κ2) is 7.54. The number of hydrogen-bond donors (Lipinski definition) is 1. The third kappa shape index (κ3) is 3.89. The molecular formula is C19H18ClN3O3S. The van der Waals surface area contributed by atoms with Crippen molar-refractivity contribution in [2.75, 3.05) is 12.4 Å². The molecule has 0 aliphatic rings. The summed E-state index contributed by atoms with van der Waals surface area (Å²) >= 11 is 7.53. The topological polar surface area (TPSA) is 73.2 Å². The number of thiophene rings is 1. The highest BCUT2D eigenvalue weighted by atomic mass is 35.5. The van der Waals surface area contributed by atoms with E-state index >= 15 is 0 Å². The van der Waals surface area contributed by atoms with Gasteiger partial charge in [0.2, 0.25) is 0 Å². The molecule has 6 nitrogen and oxygen atoms in total. The Morgan fingerprint density at radius 1 is 1.26 bits per heavy atom. The first-order valence-electron chi connectivity index (χ1n) is 8.12. The van der Waals surface area contributed by atoms with E-state index in [1.165, 1.54) is 29.2 Å². The van der Waals surface area contributed by atoms with Crippen LogP contribution in [-0.4, -0.2) is 22.8 Å². The lowest BCUT2D eigenvalue weighted by Crippen LogP contribution is -2.47. The van der Waals surface area contributed by atoms with Gasteiger partial charge >= 0.3 is 0 Å². The number of carbonyl (C=O) groups is 1. The maximum atomic E-state index is 13.0. The zero-order chi connectivity index (χ0) is 19.6. The van der Waals surface area contributed by atoms with Gasteiger partial charge in [0.25, 0.3) is 11.5 Å². The number of rotatable bonds is 5. The molecule has 0 fully saturated rings. The van der Waals surface area contributed by atoms with Crippen LogP contribution in [0.25, 0.3) is 10.6 Å². The Morgan fingerprint density at radius 2 is 2.04 bits per heavy atom. The predicted octanol–water partition coefficient (Wildman–Crippen LogP) is 4.01. The van der Waals surface area contributed by atoms with Gasteiger partial charge in [0.1, 0.15) is 17.0 Å². The van der Waals surface area contributed by atoms with Crippen molar-refractivity contribution in [3.63, 3.8) is 0 Å². The second-order valence-electron chi connectivity index (χ2n) is 6.30. The van der Waals surface area contributed by atoms with Crippen molar-refractivity contribution >= 4 is 34.5 Å². The summed E-state index contributed by atoms with van der Waals surface area (Å²) in [7, 11) is 1.50. The monoisotopic (exact) mass is 403 g/mol. The Morgan fingerprint density at radius 3 is 2.70 bits per heavy atom. The number of ether oxygens (including phenoxy) is 1. The molecule has 2 heterocycles. The van der Waals surface area contributed by atoms with Crippen LogP contribution in [0.2, 0.25) is 5.02 Å². The standard InChI is InChI=1S/C19H18ClN3O3S/c1-19(2,18(25)21-14-11-12(20)6-8-15(14)26-3)23-17(24)9-7-13(22-23)16-5-4-10-27-16/h4-11H,1-3H3,(H,21,25). The van der Waals surface area contributed by atoms with Crippen LogP contribution in [0, 0.1) is 0 Å². The second-order valence-corrected chi connectivity index (χ2v) is 7.69. The summed E-state index contributed by atoms with van der Waals surface area (Å²) in [6.45, 7) is 3.26. The molecule has 3 rings (SSSR count). The van der Waals surface area contributed by atoms with E-state index in [9.17, 15) is 9.59 Å². The van der Waals surface area contributed by atoms with Gasteiger partial charge in [0.15, 0.2) is 0 Å². The zero-order valence-electron chi connectivity index (χ0n) is 15.0. The quantitative estimate of drug-likeness (QED) is 0.698. The van der Waals surface area contributed by atoms with E-state index in [1.54, 1.807) is 38.1 Å². The van der Waals surface area contributed by atoms with Crippen LogP contribution in [0.5, 0.6) is 5.75 Å². The zero-order valence-corrected chi connectivity index (χ0v) is 16.6. The van der Waals surface area contributed by atoms with Gasteiger partial charge < -0.3 is 10.1 Å². The van der Waals surface area contributed by atoms with Gasteiger partial charge in [-0.1, -0.05) is 17.7 Å². The number of amides is 1. The molecule has 140 valence electrons. The summed E-state index contributed by atoms with van der Waals surface area (Å²) in [5.74, 6) is 0.0530. The van der Waals surface area contributed by atoms with Crippen LogP contribution >= 0.6 is 22.9 Å². The fraction of sp³-hybridized carbons (Fsp3) is 0.211. The average Bonchev–Trinajstić information content (AvgIpc) is 3.16. The van der Waals surface area contributed by atoms with Crippen molar-refractivity contribution in [3.05, 3.63) is 63.2 Å². The van der Waals surface area contributed by atoms with Crippen molar-refractivity contribution in [1.82, 2.24) is 9.78 Å².